The minimum absolute atomic E-state index is 0.0753. The zero-order valence-corrected chi connectivity index (χ0v) is 10.5. The van der Waals surface area contributed by atoms with Crippen LogP contribution in [0.2, 0.25) is 10.0 Å². The number of hydrogen-bond acceptors (Lipinski definition) is 1. The predicted molar refractivity (Wildman–Crippen MR) is 67.5 cm³/mol. The minimum atomic E-state index is 0.0753. The number of nitrogens with two attached hydrogens (primary N) is 1. The average molecular weight is 246 g/mol. The SMILES string of the molecule is CCCCC[C@H](N)c1ccc(Cl)c(Cl)c1. The van der Waals surface area contributed by atoms with E-state index in [0.717, 1.165) is 18.4 Å². The summed E-state index contributed by atoms with van der Waals surface area (Å²) in [7, 11) is 0. The molecule has 84 valence electrons. The summed E-state index contributed by atoms with van der Waals surface area (Å²) in [6, 6.07) is 5.69. The second-order valence-corrected chi connectivity index (χ2v) is 4.59. The summed E-state index contributed by atoms with van der Waals surface area (Å²) in [5.41, 5.74) is 7.12. The van der Waals surface area contributed by atoms with Gasteiger partial charge in [-0.25, -0.2) is 0 Å². The maximum atomic E-state index is 6.05. The van der Waals surface area contributed by atoms with Gasteiger partial charge in [0.2, 0.25) is 0 Å². The minimum Gasteiger partial charge on any atom is -0.324 e. The van der Waals surface area contributed by atoms with Crippen LogP contribution in [0.25, 0.3) is 0 Å². The molecule has 3 heteroatoms. The van der Waals surface area contributed by atoms with Crippen LogP contribution in [0, 0.1) is 0 Å². The van der Waals surface area contributed by atoms with Crippen molar-refractivity contribution in [3.63, 3.8) is 0 Å². The summed E-state index contributed by atoms with van der Waals surface area (Å²) >= 11 is 11.8. The summed E-state index contributed by atoms with van der Waals surface area (Å²) < 4.78 is 0. The van der Waals surface area contributed by atoms with Crippen molar-refractivity contribution in [1.29, 1.82) is 0 Å². The van der Waals surface area contributed by atoms with Gasteiger partial charge >= 0.3 is 0 Å². The summed E-state index contributed by atoms with van der Waals surface area (Å²) in [5, 5.41) is 1.17. The van der Waals surface area contributed by atoms with Crippen LogP contribution in [0.3, 0.4) is 0 Å². The molecule has 0 aromatic heterocycles. The van der Waals surface area contributed by atoms with E-state index in [1.807, 2.05) is 12.1 Å². The van der Waals surface area contributed by atoms with Gasteiger partial charge < -0.3 is 5.73 Å². The molecule has 0 aliphatic rings. The van der Waals surface area contributed by atoms with Crippen LogP contribution >= 0.6 is 23.2 Å². The first kappa shape index (κ1) is 12.8. The summed E-state index contributed by atoms with van der Waals surface area (Å²) in [4.78, 5) is 0. The van der Waals surface area contributed by atoms with Crippen LogP contribution in [0.4, 0.5) is 0 Å². The second-order valence-electron chi connectivity index (χ2n) is 3.78. The third-order valence-electron chi connectivity index (χ3n) is 2.49. The van der Waals surface area contributed by atoms with E-state index >= 15 is 0 Å². The summed E-state index contributed by atoms with van der Waals surface area (Å²) in [6.45, 7) is 2.19. The largest absolute Gasteiger partial charge is 0.324 e. The molecule has 1 aromatic carbocycles. The molecule has 15 heavy (non-hydrogen) atoms. The van der Waals surface area contributed by atoms with E-state index in [-0.39, 0.29) is 6.04 Å². The Balaban J connectivity index is 2.57. The van der Waals surface area contributed by atoms with Gasteiger partial charge in [0.15, 0.2) is 0 Å². The molecule has 1 atom stereocenters. The van der Waals surface area contributed by atoms with E-state index in [9.17, 15) is 0 Å². The Morgan fingerprint density at radius 3 is 2.53 bits per heavy atom. The van der Waals surface area contributed by atoms with Crippen molar-refractivity contribution in [2.24, 2.45) is 5.73 Å². The fourth-order valence-electron chi connectivity index (χ4n) is 1.52. The fraction of sp³-hybridized carbons (Fsp3) is 0.500. The zero-order valence-electron chi connectivity index (χ0n) is 8.97. The van der Waals surface area contributed by atoms with Gasteiger partial charge in [0, 0.05) is 6.04 Å². The highest BCUT2D eigenvalue weighted by Crippen LogP contribution is 2.26. The van der Waals surface area contributed by atoms with Gasteiger partial charge in [0.1, 0.15) is 0 Å². The van der Waals surface area contributed by atoms with Crippen LogP contribution in [-0.4, -0.2) is 0 Å². The third kappa shape index (κ3) is 4.02. The lowest BCUT2D eigenvalue weighted by Crippen LogP contribution is -2.09. The molecule has 0 heterocycles. The van der Waals surface area contributed by atoms with Gasteiger partial charge in [-0.15, -0.1) is 0 Å². The molecule has 0 saturated heterocycles. The monoisotopic (exact) mass is 245 g/mol. The Labute approximate surface area is 102 Å². The number of halogens is 2. The van der Waals surface area contributed by atoms with Gasteiger partial charge in [0.25, 0.3) is 0 Å². The number of hydrogen-bond donors (Lipinski definition) is 1. The van der Waals surface area contributed by atoms with E-state index in [1.165, 1.54) is 12.8 Å². The number of rotatable bonds is 5. The molecule has 0 spiro atoms. The van der Waals surface area contributed by atoms with Gasteiger partial charge in [-0.05, 0) is 24.1 Å². The maximum Gasteiger partial charge on any atom is 0.0595 e. The molecule has 0 radical (unpaired) electrons. The van der Waals surface area contributed by atoms with E-state index in [4.69, 9.17) is 28.9 Å². The molecule has 2 N–H and O–H groups in total. The molecule has 0 unspecified atom stereocenters. The average Bonchev–Trinajstić information content (AvgIpc) is 2.22. The number of unbranched alkanes of at least 4 members (excludes halogenated alkanes) is 2. The van der Waals surface area contributed by atoms with Gasteiger partial charge in [-0.1, -0.05) is 55.5 Å². The number of benzene rings is 1. The van der Waals surface area contributed by atoms with Gasteiger partial charge in [-0.2, -0.15) is 0 Å². The van der Waals surface area contributed by atoms with Crippen molar-refractivity contribution in [2.45, 2.75) is 38.6 Å². The zero-order chi connectivity index (χ0) is 11.3. The topological polar surface area (TPSA) is 26.0 Å². The quantitative estimate of drug-likeness (QED) is 0.756. The van der Waals surface area contributed by atoms with Crippen molar-refractivity contribution in [1.82, 2.24) is 0 Å². The van der Waals surface area contributed by atoms with Crippen molar-refractivity contribution in [3.8, 4) is 0 Å². The summed E-state index contributed by atoms with van der Waals surface area (Å²) in [6.07, 6.45) is 4.62. The molecule has 1 aromatic rings. The highest BCUT2D eigenvalue weighted by Gasteiger charge is 2.07. The molecular weight excluding hydrogens is 229 g/mol. The van der Waals surface area contributed by atoms with Gasteiger partial charge in [-0.3, -0.25) is 0 Å². The van der Waals surface area contributed by atoms with E-state index < -0.39 is 0 Å². The molecule has 0 aliphatic carbocycles. The van der Waals surface area contributed by atoms with Crippen LogP contribution in [0.5, 0.6) is 0 Å². The lowest BCUT2D eigenvalue weighted by molar-refractivity contribution is 0.581. The fourth-order valence-corrected chi connectivity index (χ4v) is 1.83. The lowest BCUT2D eigenvalue weighted by Gasteiger charge is -2.12. The Morgan fingerprint density at radius 2 is 1.93 bits per heavy atom. The van der Waals surface area contributed by atoms with Crippen molar-refractivity contribution >= 4 is 23.2 Å². The normalized spacial score (nSPS) is 12.8. The first-order valence-corrected chi connectivity index (χ1v) is 6.11. The molecule has 0 bridgehead atoms. The Hall–Kier alpha value is -0.240. The van der Waals surface area contributed by atoms with Crippen molar-refractivity contribution < 1.29 is 0 Å². The van der Waals surface area contributed by atoms with Crippen LogP contribution in [0.15, 0.2) is 18.2 Å². The third-order valence-corrected chi connectivity index (χ3v) is 3.23. The highest BCUT2D eigenvalue weighted by atomic mass is 35.5. The van der Waals surface area contributed by atoms with E-state index in [2.05, 4.69) is 6.92 Å². The molecule has 1 rings (SSSR count). The van der Waals surface area contributed by atoms with Crippen LogP contribution < -0.4 is 5.73 Å². The van der Waals surface area contributed by atoms with Crippen molar-refractivity contribution in [2.75, 3.05) is 0 Å². The smallest absolute Gasteiger partial charge is 0.0595 e. The molecule has 1 nitrogen and oxygen atoms in total. The summed E-state index contributed by atoms with van der Waals surface area (Å²) in [5.74, 6) is 0. The first-order valence-electron chi connectivity index (χ1n) is 5.35. The van der Waals surface area contributed by atoms with Crippen molar-refractivity contribution in [3.05, 3.63) is 33.8 Å². The molecule has 0 saturated carbocycles. The predicted octanol–water partition coefficient (Wildman–Crippen LogP) is 4.57. The standard InChI is InChI=1S/C12H17Cl2N/c1-2-3-4-5-12(15)9-6-7-10(13)11(14)8-9/h6-8,12H,2-5,15H2,1H3/t12-/m0/s1. The van der Waals surface area contributed by atoms with Gasteiger partial charge in [0.05, 0.1) is 10.0 Å². The maximum absolute atomic E-state index is 6.05. The first-order chi connectivity index (χ1) is 7.15. The Morgan fingerprint density at radius 1 is 1.20 bits per heavy atom. The Kier molecular flexibility index (Phi) is 5.44. The second kappa shape index (κ2) is 6.37. The van der Waals surface area contributed by atoms with E-state index in [1.54, 1.807) is 6.07 Å². The molecule has 0 aliphatic heterocycles. The van der Waals surface area contributed by atoms with E-state index in [0.29, 0.717) is 10.0 Å². The molecular formula is C12H17Cl2N. The molecule has 0 fully saturated rings. The lowest BCUT2D eigenvalue weighted by atomic mass is 10.0. The Bertz CT molecular complexity index is 312. The molecule has 0 amide bonds. The van der Waals surface area contributed by atoms with Crippen LogP contribution in [0.1, 0.15) is 44.2 Å². The van der Waals surface area contributed by atoms with Crippen LogP contribution in [-0.2, 0) is 0 Å². The highest BCUT2D eigenvalue weighted by molar-refractivity contribution is 6.42.